The summed E-state index contributed by atoms with van der Waals surface area (Å²) in [6.07, 6.45) is 0.630. The molecule has 0 unspecified atom stereocenters. The van der Waals surface area contributed by atoms with Crippen molar-refractivity contribution in [1.29, 1.82) is 0 Å². The highest BCUT2D eigenvalue weighted by Crippen LogP contribution is 2.30. The summed E-state index contributed by atoms with van der Waals surface area (Å²) >= 11 is 1.21. The zero-order valence-electron chi connectivity index (χ0n) is 9.30. The SMILES string of the molecule is Cn1nnnc1Sc1c(F)cccc1CCN. The van der Waals surface area contributed by atoms with E-state index in [1.807, 2.05) is 6.07 Å². The Morgan fingerprint density at radius 1 is 1.47 bits per heavy atom. The number of aryl methyl sites for hydroxylation is 1. The van der Waals surface area contributed by atoms with Crippen molar-refractivity contribution in [2.45, 2.75) is 16.5 Å². The van der Waals surface area contributed by atoms with E-state index in [1.54, 1.807) is 13.1 Å². The molecule has 1 aromatic carbocycles. The average molecular weight is 253 g/mol. The predicted molar refractivity (Wildman–Crippen MR) is 62.1 cm³/mol. The van der Waals surface area contributed by atoms with Gasteiger partial charge in [0.25, 0.3) is 0 Å². The Hall–Kier alpha value is -1.47. The number of aromatic nitrogens is 4. The third-order valence-electron chi connectivity index (χ3n) is 2.24. The Morgan fingerprint density at radius 2 is 2.29 bits per heavy atom. The number of tetrazole rings is 1. The van der Waals surface area contributed by atoms with Gasteiger partial charge in [-0.05, 0) is 46.8 Å². The van der Waals surface area contributed by atoms with E-state index in [4.69, 9.17) is 5.73 Å². The second-order valence-electron chi connectivity index (χ2n) is 3.45. The van der Waals surface area contributed by atoms with Crippen LogP contribution in [0.25, 0.3) is 0 Å². The van der Waals surface area contributed by atoms with Gasteiger partial charge in [0.05, 0.1) is 4.90 Å². The van der Waals surface area contributed by atoms with E-state index in [2.05, 4.69) is 15.5 Å². The number of nitrogens with two attached hydrogens (primary N) is 1. The minimum atomic E-state index is -0.274. The molecule has 0 aliphatic heterocycles. The molecule has 7 heteroatoms. The quantitative estimate of drug-likeness (QED) is 0.880. The molecule has 2 rings (SSSR count). The molecule has 0 saturated carbocycles. The first-order valence-electron chi connectivity index (χ1n) is 5.10. The highest BCUT2D eigenvalue weighted by Gasteiger charge is 2.13. The second kappa shape index (κ2) is 5.24. The smallest absolute Gasteiger partial charge is 0.213 e. The molecule has 0 amide bonds. The summed E-state index contributed by atoms with van der Waals surface area (Å²) in [6, 6.07) is 4.97. The molecule has 2 N–H and O–H groups in total. The summed E-state index contributed by atoms with van der Waals surface area (Å²) in [4.78, 5) is 0.538. The normalized spacial score (nSPS) is 10.8. The van der Waals surface area contributed by atoms with Gasteiger partial charge in [0.1, 0.15) is 5.82 Å². The molecule has 17 heavy (non-hydrogen) atoms. The molecular weight excluding hydrogens is 241 g/mol. The Balaban J connectivity index is 2.34. The topological polar surface area (TPSA) is 69.6 Å². The van der Waals surface area contributed by atoms with Gasteiger partial charge in [-0.15, -0.1) is 5.10 Å². The first-order chi connectivity index (χ1) is 8.22. The molecule has 5 nitrogen and oxygen atoms in total. The molecule has 1 aromatic heterocycles. The molecule has 1 heterocycles. The van der Waals surface area contributed by atoms with Gasteiger partial charge >= 0.3 is 0 Å². The minimum Gasteiger partial charge on any atom is -0.330 e. The number of hydrogen-bond donors (Lipinski definition) is 1. The third kappa shape index (κ3) is 2.62. The van der Waals surface area contributed by atoms with Crippen LogP contribution in [-0.4, -0.2) is 26.8 Å². The van der Waals surface area contributed by atoms with Crippen molar-refractivity contribution in [3.05, 3.63) is 29.6 Å². The minimum absolute atomic E-state index is 0.274. The maximum absolute atomic E-state index is 13.8. The first kappa shape index (κ1) is 12.0. The lowest BCUT2D eigenvalue weighted by Crippen LogP contribution is -2.05. The number of rotatable bonds is 4. The van der Waals surface area contributed by atoms with Crippen LogP contribution in [0.1, 0.15) is 5.56 Å². The maximum Gasteiger partial charge on any atom is 0.213 e. The van der Waals surface area contributed by atoms with Crippen LogP contribution in [0.15, 0.2) is 28.3 Å². The molecule has 90 valence electrons. The standard InChI is InChI=1S/C10H12FN5S/c1-16-10(13-14-15-16)17-9-7(5-6-12)3-2-4-8(9)11/h2-4H,5-6,12H2,1H3. The van der Waals surface area contributed by atoms with E-state index in [0.29, 0.717) is 23.0 Å². The van der Waals surface area contributed by atoms with Crippen molar-refractivity contribution in [1.82, 2.24) is 20.2 Å². The molecule has 0 aliphatic rings. The Morgan fingerprint density at radius 3 is 2.94 bits per heavy atom. The first-order valence-corrected chi connectivity index (χ1v) is 5.91. The van der Waals surface area contributed by atoms with Gasteiger partial charge < -0.3 is 5.73 Å². The zero-order chi connectivity index (χ0) is 12.3. The predicted octanol–water partition coefficient (Wildman–Crippen LogP) is 1.00. The highest BCUT2D eigenvalue weighted by atomic mass is 32.2. The van der Waals surface area contributed by atoms with Crippen LogP contribution in [-0.2, 0) is 13.5 Å². The summed E-state index contributed by atoms with van der Waals surface area (Å²) in [5.74, 6) is -0.274. The lowest BCUT2D eigenvalue weighted by Gasteiger charge is -2.08. The number of halogens is 1. The van der Waals surface area contributed by atoms with Crippen molar-refractivity contribution < 1.29 is 4.39 Å². The number of benzene rings is 1. The summed E-state index contributed by atoms with van der Waals surface area (Å²) in [5.41, 5.74) is 6.38. The van der Waals surface area contributed by atoms with Gasteiger partial charge in [-0.25, -0.2) is 9.07 Å². The molecule has 0 radical (unpaired) electrons. The fraction of sp³-hybridized carbons (Fsp3) is 0.300. The lowest BCUT2D eigenvalue weighted by atomic mass is 10.1. The molecule has 0 aliphatic carbocycles. The van der Waals surface area contributed by atoms with E-state index >= 15 is 0 Å². The van der Waals surface area contributed by atoms with E-state index in [-0.39, 0.29) is 5.82 Å². The molecule has 0 saturated heterocycles. The van der Waals surface area contributed by atoms with Gasteiger partial charge in [-0.3, -0.25) is 0 Å². The Labute approximate surface area is 102 Å². The monoisotopic (exact) mass is 253 g/mol. The van der Waals surface area contributed by atoms with E-state index in [9.17, 15) is 4.39 Å². The van der Waals surface area contributed by atoms with Crippen molar-refractivity contribution >= 4 is 11.8 Å². The Bertz CT molecular complexity index is 513. The molecule has 0 atom stereocenters. The molecule has 2 aromatic rings. The number of hydrogen-bond acceptors (Lipinski definition) is 5. The largest absolute Gasteiger partial charge is 0.330 e. The van der Waals surface area contributed by atoms with E-state index in [1.165, 1.54) is 22.5 Å². The highest BCUT2D eigenvalue weighted by molar-refractivity contribution is 7.99. The van der Waals surface area contributed by atoms with Crippen LogP contribution in [0, 0.1) is 5.82 Å². The van der Waals surface area contributed by atoms with Gasteiger partial charge in [0.15, 0.2) is 0 Å². The third-order valence-corrected chi connectivity index (χ3v) is 3.43. The molecule has 0 spiro atoms. The van der Waals surface area contributed by atoms with Gasteiger partial charge in [-0.2, -0.15) is 0 Å². The second-order valence-corrected chi connectivity index (χ2v) is 4.43. The fourth-order valence-electron chi connectivity index (χ4n) is 1.42. The van der Waals surface area contributed by atoms with Crippen molar-refractivity contribution in [3.63, 3.8) is 0 Å². The summed E-state index contributed by atoms with van der Waals surface area (Å²) < 4.78 is 15.3. The van der Waals surface area contributed by atoms with Crippen molar-refractivity contribution in [2.24, 2.45) is 12.8 Å². The average Bonchev–Trinajstić information content (AvgIpc) is 2.70. The molecule has 0 fully saturated rings. The fourth-order valence-corrected chi connectivity index (χ4v) is 2.31. The van der Waals surface area contributed by atoms with Crippen LogP contribution in [0.3, 0.4) is 0 Å². The van der Waals surface area contributed by atoms with Gasteiger partial charge in [0, 0.05) is 7.05 Å². The van der Waals surface area contributed by atoms with Crippen LogP contribution in [0.5, 0.6) is 0 Å². The van der Waals surface area contributed by atoms with Crippen molar-refractivity contribution in [3.8, 4) is 0 Å². The van der Waals surface area contributed by atoms with Crippen LogP contribution >= 0.6 is 11.8 Å². The number of nitrogens with zero attached hydrogens (tertiary/aromatic N) is 4. The summed E-state index contributed by atoms with van der Waals surface area (Å²) in [5, 5.41) is 11.6. The van der Waals surface area contributed by atoms with Gasteiger partial charge in [-0.1, -0.05) is 12.1 Å². The van der Waals surface area contributed by atoms with Crippen LogP contribution in [0.2, 0.25) is 0 Å². The summed E-state index contributed by atoms with van der Waals surface area (Å²) in [7, 11) is 1.71. The molecular formula is C10H12FN5S. The van der Waals surface area contributed by atoms with Crippen LogP contribution < -0.4 is 5.73 Å². The molecule has 0 bridgehead atoms. The Kier molecular flexibility index (Phi) is 3.70. The van der Waals surface area contributed by atoms with E-state index in [0.717, 1.165) is 5.56 Å². The zero-order valence-corrected chi connectivity index (χ0v) is 10.1. The maximum atomic E-state index is 13.8. The van der Waals surface area contributed by atoms with E-state index < -0.39 is 0 Å². The lowest BCUT2D eigenvalue weighted by molar-refractivity contribution is 0.595. The van der Waals surface area contributed by atoms with Crippen LogP contribution in [0.4, 0.5) is 4.39 Å². The van der Waals surface area contributed by atoms with Crippen molar-refractivity contribution in [2.75, 3.05) is 6.54 Å². The van der Waals surface area contributed by atoms with Gasteiger partial charge in [0.2, 0.25) is 5.16 Å². The summed E-state index contributed by atoms with van der Waals surface area (Å²) in [6.45, 7) is 0.480.